The van der Waals surface area contributed by atoms with Crippen LogP contribution in [0.2, 0.25) is 0 Å². The molecule has 1 N–H and O–H groups in total. The monoisotopic (exact) mass is 339 g/mol. The molecular formula is C18H30ClN3O. The van der Waals surface area contributed by atoms with E-state index in [-0.39, 0.29) is 23.9 Å². The maximum atomic E-state index is 12.9. The van der Waals surface area contributed by atoms with Gasteiger partial charge in [0.2, 0.25) is 5.91 Å². The van der Waals surface area contributed by atoms with E-state index < -0.39 is 0 Å². The molecule has 130 valence electrons. The Morgan fingerprint density at radius 1 is 1.30 bits per heavy atom. The van der Waals surface area contributed by atoms with Crippen molar-refractivity contribution in [1.29, 1.82) is 0 Å². The first kappa shape index (κ1) is 19.9. The third kappa shape index (κ3) is 5.79. The van der Waals surface area contributed by atoms with Crippen molar-refractivity contribution in [2.75, 3.05) is 26.2 Å². The van der Waals surface area contributed by atoms with Crippen molar-refractivity contribution in [1.82, 2.24) is 15.1 Å². The van der Waals surface area contributed by atoms with Crippen LogP contribution in [0.25, 0.3) is 0 Å². The number of amides is 1. The fraction of sp³-hybridized carbons (Fsp3) is 0.611. The van der Waals surface area contributed by atoms with Gasteiger partial charge in [-0.15, -0.1) is 12.4 Å². The summed E-state index contributed by atoms with van der Waals surface area (Å²) in [6.07, 6.45) is 0. The van der Waals surface area contributed by atoms with Crippen LogP contribution in [0.5, 0.6) is 0 Å². The number of rotatable bonds is 4. The highest BCUT2D eigenvalue weighted by atomic mass is 35.5. The molecule has 1 aromatic carbocycles. The number of nitrogens with zero attached hydrogens (tertiary/aromatic N) is 2. The van der Waals surface area contributed by atoms with E-state index in [1.54, 1.807) is 0 Å². The molecule has 1 aliphatic rings. The van der Waals surface area contributed by atoms with E-state index in [1.807, 2.05) is 23.1 Å². The molecule has 1 fully saturated rings. The number of hydrogen-bond donors (Lipinski definition) is 1. The summed E-state index contributed by atoms with van der Waals surface area (Å²) in [5, 5.41) is 3.37. The van der Waals surface area contributed by atoms with E-state index in [4.69, 9.17) is 0 Å². The molecular weight excluding hydrogens is 310 g/mol. The van der Waals surface area contributed by atoms with Gasteiger partial charge in [0.1, 0.15) is 0 Å². The van der Waals surface area contributed by atoms with Crippen molar-refractivity contribution < 1.29 is 4.79 Å². The lowest BCUT2D eigenvalue weighted by molar-refractivity contribution is -0.138. The number of benzene rings is 1. The Bertz CT molecular complexity index is 487. The van der Waals surface area contributed by atoms with Gasteiger partial charge in [-0.05, 0) is 33.3 Å². The summed E-state index contributed by atoms with van der Waals surface area (Å²) >= 11 is 0. The third-order valence-corrected chi connectivity index (χ3v) is 4.27. The minimum Gasteiger partial charge on any atom is -0.332 e. The topological polar surface area (TPSA) is 35.6 Å². The molecule has 1 aliphatic heterocycles. The van der Waals surface area contributed by atoms with Crippen molar-refractivity contribution in [2.24, 2.45) is 0 Å². The lowest BCUT2D eigenvalue weighted by Crippen LogP contribution is -2.55. The number of hydrogen-bond acceptors (Lipinski definition) is 3. The molecule has 1 heterocycles. The quantitative estimate of drug-likeness (QED) is 0.915. The summed E-state index contributed by atoms with van der Waals surface area (Å²) in [5.41, 5.74) is 1.00. The molecule has 1 atom stereocenters. The van der Waals surface area contributed by atoms with Crippen LogP contribution < -0.4 is 5.32 Å². The Hall–Kier alpha value is -1.10. The number of carbonyl (C=O) groups excluding carboxylic acids is 1. The summed E-state index contributed by atoms with van der Waals surface area (Å²) in [6.45, 7) is 12.5. The average Bonchev–Trinajstić information content (AvgIpc) is 2.47. The summed E-state index contributed by atoms with van der Waals surface area (Å²) < 4.78 is 0. The largest absolute Gasteiger partial charge is 0.332 e. The first-order valence-electron chi connectivity index (χ1n) is 8.17. The predicted molar refractivity (Wildman–Crippen MR) is 97.9 cm³/mol. The highest BCUT2D eigenvalue weighted by Crippen LogP contribution is 2.18. The van der Waals surface area contributed by atoms with Crippen LogP contribution in [-0.2, 0) is 11.3 Å². The first-order chi connectivity index (χ1) is 10.4. The normalized spacial score (nSPS) is 19.0. The summed E-state index contributed by atoms with van der Waals surface area (Å²) in [6, 6.07) is 10.6. The van der Waals surface area contributed by atoms with E-state index in [1.165, 1.54) is 5.56 Å². The molecule has 0 aliphatic carbocycles. The number of nitrogens with one attached hydrogen (secondary N) is 1. The van der Waals surface area contributed by atoms with Crippen LogP contribution in [0.1, 0.15) is 33.3 Å². The first-order valence-corrected chi connectivity index (χ1v) is 8.17. The molecule has 0 saturated carbocycles. The van der Waals surface area contributed by atoms with Crippen LogP contribution in [-0.4, -0.2) is 53.5 Å². The average molecular weight is 340 g/mol. The van der Waals surface area contributed by atoms with Gasteiger partial charge in [0.25, 0.3) is 0 Å². The number of piperazine rings is 1. The third-order valence-electron chi connectivity index (χ3n) is 4.27. The summed E-state index contributed by atoms with van der Waals surface area (Å²) in [7, 11) is 0. The van der Waals surface area contributed by atoms with Gasteiger partial charge in [-0.2, -0.15) is 0 Å². The minimum atomic E-state index is -0.176. The van der Waals surface area contributed by atoms with Gasteiger partial charge < -0.3 is 10.2 Å². The highest BCUT2D eigenvalue weighted by Gasteiger charge is 2.29. The van der Waals surface area contributed by atoms with Crippen LogP contribution in [0.15, 0.2) is 30.3 Å². The zero-order valence-corrected chi connectivity index (χ0v) is 15.5. The molecule has 0 unspecified atom stereocenters. The Labute approximate surface area is 146 Å². The Kier molecular flexibility index (Phi) is 7.52. The molecule has 0 aromatic heterocycles. The minimum absolute atomic E-state index is 0. The predicted octanol–water partition coefficient (Wildman–Crippen LogP) is 2.53. The van der Waals surface area contributed by atoms with E-state index in [9.17, 15) is 4.79 Å². The highest BCUT2D eigenvalue weighted by molar-refractivity contribution is 5.85. The van der Waals surface area contributed by atoms with Crippen molar-refractivity contribution in [2.45, 2.75) is 45.8 Å². The second-order valence-electron chi connectivity index (χ2n) is 7.16. The molecule has 5 heteroatoms. The van der Waals surface area contributed by atoms with Crippen LogP contribution >= 0.6 is 12.4 Å². The standard InChI is InChI=1S/C18H29N3O.ClH/c1-15-12-19-10-11-20(15)14-17(22)21(18(2,3)4)13-16-8-6-5-7-9-16;/h5-9,15,19H,10-14H2,1-4H3;1H/t15-;/m0./s1. The van der Waals surface area contributed by atoms with E-state index in [0.29, 0.717) is 19.1 Å². The van der Waals surface area contributed by atoms with E-state index >= 15 is 0 Å². The molecule has 0 spiro atoms. The SMILES string of the molecule is C[C@H]1CNCCN1CC(=O)N(Cc1ccccc1)C(C)(C)C.Cl. The Morgan fingerprint density at radius 2 is 1.96 bits per heavy atom. The summed E-state index contributed by atoms with van der Waals surface area (Å²) in [4.78, 5) is 17.1. The van der Waals surface area contributed by atoms with Crippen LogP contribution in [0, 0.1) is 0 Å². The molecule has 23 heavy (non-hydrogen) atoms. The van der Waals surface area contributed by atoms with Crippen LogP contribution in [0.3, 0.4) is 0 Å². The smallest absolute Gasteiger partial charge is 0.237 e. The fourth-order valence-electron chi connectivity index (χ4n) is 2.84. The Morgan fingerprint density at radius 3 is 2.52 bits per heavy atom. The molecule has 0 bridgehead atoms. The second kappa shape index (κ2) is 8.67. The van der Waals surface area contributed by atoms with E-state index in [0.717, 1.165) is 19.6 Å². The van der Waals surface area contributed by atoms with Gasteiger partial charge in [0, 0.05) is 37.8 Å². The van der Waals surface area contributed by atoms with Gasteiger partial charge in [0.05, 0.1) is 6.54 Å². The van der Waals surface area contributed by atoms with Crippen molar-refractivity contribution >= 4 is 18.3 Å². The van der Waals surface area contributed by atoms with Gasteiger partial charge in [0.15, 0.2) is 0 Å². The van der Waals surface area contributed by atoms with Gasteiger partial charge in [-0.1, -0.05) is 30.3 Å². The van der Waals surface area contributed by atoms with Crippen molar-refractivity contribution in [3.63, 3.8) is 0 Å². The molecule has 4 nitrogen and oxygen atoms in total. The van der Waals surface area contributed by atoms with Gasteiger partial charge in [-0.25, -0.2) is 0 Å². The lowest BCUT2D eigenvalue weighted by atomic mass is 10.0. The Balaban J connectivity index is 0.00000264. The van der Waals surface area contributed by atoms with E-state index in [2.05, 4.69) is 50.0 Å². The summed E-state index contributed by atoms with van der Waals surface area (Å²) in [5.74, 6) is 0.213. The lowest BCUT2D eigenvalue weighted by Gasteiger charge is -2.39. The maximum absolute atomic E-state index is 12.9. The number of carbonyl (C=O) groups is 1. The van der Waals surface area contributed by atoms with Gasteiger partial charge >= 0.3 is 0 Å². The molecule has 1 aromatic rings. The van der Waals surface area contributed by atoms with Crippen molar-refractivity contribution in [3.8, 4) is 0 Å². The molecule has 1 amide bonds. The molecule has 1 saturated heterocycles. The molecule has 2 rings (SSSR count). The maximum Gasteiger partial charge on any atom is 0.237 e. The zero-order chi connectivity index (χ0) is 16.2. The molecule has 0 radical (unpaired) electrons. The fourth-order valence-corrected chi connectivity index (χ4v) is 2.84. The van der Waals surface area contributed by atoms with Crippen LogP contribution in [0.4, 0.5) is 0 Å². The second-order valence-corrected chi connectivity index (χ2v) is 7.16. The number of halogens is 1. The van der Waals surface area contributed by atoms with Crippen molar-refractivity contribution in [3.05, 3.63) is 35.9 Å². The van der Waals surface area contributed by atoms with Gasteiger partial charge in [-0.3, -0.25) is 9.69 Å². The zero-order valence-electron chi connectivity index (χ0n) is 14.7.